The van der Waals surface area contributed by atoms with Gasteiger partial charge in [-0.15, -0.1) is 11.3 Å². The number of halogens is 1. The standard InChI is InChI=1S/C16H17ClN2O2S/c1-19(16(21)9-8-14-3-2-10-22-14)11-15(20)18-13-6-4-12(17)5-7-13/h2-7,10H,8-9,11H2,1H3,(H,18,20). The Labute approximate surface area is 138 Å². The summed E-state index contributed by atoms with van der Waals surface area (Å²) < 4.78 is 0. The highest BCUT2D eigenvalue weighted by Crippen LogP contribution is 2.14. The number of anilines is 1. The summed E-state index contributed by atoms with van der Waals surface area (Å²) in [5.41, 5.74) is 0.661. The Bertz CT molecular complexity index is 626. The molecule has 4 nitrogen and oxygen atoms in total. The zero-order chi connectivity index (χ0) is 15.9. The van der Waals surface area contributed by atoms with Gasteiger partial charge in [-0.2, -0.15) is 0 Å². The molecule has 0 saturated heterocycles. The molecule has 0 atom stereocenters. The van der Waals surface area contributed by atoms with Gasteiger partial charge in [0.1, 0.15) is 0 Å². The molecule has 0 aliphatic heterocycles. The molecule has 0 unspecified atom stereocenters. The Morgan fingerprint density at radius 1 is 1.23 bits per heavy atom. The summed E-state index contributed by atoms with van der Waals surface area (Å²) in [5.74, 6) is -0.269. The Hall–Kier alpha value is -1.85. The number of thiophene rings is 1. The molecule has 116 valence electrons. The number of nitrogens with zero attached hydrogens (tertiary/aromatic N) is 1. The first-order chi connectivity index (χ1) is 10.5. The first-order valence-electron chi connectivity index (χ1n) is 6.86. The van der Waals surface area contributed by atoms with Crippen LogP contribution in [0.3, 0.4) is 0 Å². The lowest BCUT2D eigenvalue weighted by Gasteiger charge is -2.16. The van der Waals surface area contributed by atoms with Crippen molar-refractivity contribution < 1.29 is 9.59 Å². The molecule has 0 spiro atoms. The zero-order valence-electron chi connectivity index (χ0n) is 12.2. The molecule has 0 fully saturated rings. The molecule has 2 amide bonds. The largest absolute Gasteiger partial charge is 0.336 e. The van der Waals surface area contributed by atoms with Crippen LogP contribution in [0.5, 0.6) is 0 Å². The fourth-order valence-corrected chi connectivity index (χ4v) is 2.75. The summed E-state index contributed by atoms with van der Waals surface area (Å²) in [6, 6.07) is 10.8. The van der Waals surface area contributed by atoms with Crippen molar-refractivity contribution in [3.05, 3.63) is 51.7 Å². The summed E-state index contributed by atoms with van der Waals surface area (Å²) in [6.45, 7) is 0.0336. The maximum atomic E-state index is 12.0. The summed E-state index contributed by atoms with van der Waals surface area (Å²) >= 11 is 7.42. The average Bonchev–Trinajstić information content (AvgIpc) is 3.00. The van der Waals surface area contributed by atoms with E-state index < -0.39 is 0 Å². The molecule has 2 rings (SSSR count). The second-order valence-electron chi connectivity index (χ2n) is 4.88. The number of carbonyl (C=O) groups excluding carboxylic acids is 2. The van der Waals surface area contributed by atoms with Crippen LogP contribution in [0.1, 0.15) is 11.3 Å². The third-order valence-electron chi connectivity index (χ3n) is 3.10. The van der Waals surface area contributed by atoms with Crippen molar-refractivity contribution in [3.63, 3.8) is 0 Å². The van der Waals surface area contributed by atoms with E-state index in [1.807, 2.05) is 17.5 Å². The van der Waals surface area contributed by atoms with Gasteiger partial charge in [0.15, 0.2) is 0 Å². The van der Waals surface area contributed by atoms with Gasteiger partial charge < -0.3 is 10.2 Å². The molecule has 0 radical (unpaired) electrons. The molecule has 0 aliphatic rings. The third-order valence-corrected chi connectivity index (χ3v) is 4.29. The van der Waals surface area contributed by atoms with E-state index in [0.29, 0.717) is 23.6 Å². The number of aryl methyl sites for hydroxylation is 1. The minimum absolute atomic E-state index is 0.0336. The van der Waals surface area contributed by atoms with E-state index in [9.17, 15) is 9.59 Å². The minimum Gasteiger partial charge on any atom is -0.336 e. The van der Waals surface area contributed by atoms with Crippen LogP contribution in [-0.2, 0) is 16.0 Å². The van der Waals surface area contributed by atoms with Crippen LogP contribution in [0.25, 0.3) is 0 Å². The fourth-order valence-electron chi connectivity index (χ4n) is 1.91. The molecule has 1 N–H and O–H groups in total. The predicted molar refractivity (Wildman–Crippen MR) is 90.4 cm³/mol. The number of amides is 2. The van der Waals surface area contributed by atoms with Crippen LogP contribution >= 0.6 is 22.9 Å². The van der Waals surface area contributed by atoms with Crippen molar-refractivity contribution in [2.75, 3.05) is 18.9 Å². The molecule has 1 heterocycles. The summed E-state index contributed by atoms with van der Waals surface area (Å²) in [7, 11) is 1.64. The lowest BCUT2D eigenvalue weighted by atomic mass is 10.2. The van der Waals surface area contributed by atoms with Gasteiger partial charge >= 0.3 is 0 Å². The average molecular weight is 337 g/mol. The molecule has 6 heteroatoms. The summed E-state index contributed by atoms with van der Waals surface area (Å²) in [6.07, 6.45) is 1.12. The van der Waals surface area contributed by atoms with Crippen molar-refractivity contribution in [2.45, 2.75) is 12.8 Å². The Balaban J connectivity index is 1.77. The first kappa shape index (κ1) is 16.5. The van der Waals surface area contributed by atoms with Crippen molar-refractivity contribution in [3.8, 4) is 0 Å². The predicted octanol–water partition coefficient (Wildman–Crippen LogP) is 3.43. The fraction of sp³-hybridized carbons (Fsp3) is 0.250. The highest BCUT2D eigenvalue weighted by atomic mass is 35.5. The number of rotatable bonds is 6. The smallest absolute Gasteiger partial charge is 0.243 e. The van der Waals surface area contributed by atoms with E-state index in [1.165, 1.54) is 9.78 Å². The lowest BCUT2D eigenvalue weighted by molar-refractivity contribution is -0.133. The number of benzene rings is 1. The van der Waals surface area contributed by atoms with Crippen molar-refractivity contribution >= 4 is 40.4 Å². The number of hydrogen-bond donors (Lipinski definition) is 1. The summed E-state index contributed by atoms with van der Waals surface area (Å²) in [5, 5.41) is 5.33. The molecule has 0 saturated carbocycles. The normalized spacial score (nSPS) is 10.3. The van der Waals surface area contributed by atoms with E-state index in [1.54, 1.807) is 42.6 Å². The highest BCUT2D eigenvalue weighted by molar-refractivity contribution is 7.09. The van der Waals surface area contributed by atoms with Crippen LogP contribution in [0.4, 0.5) is 5.69 Å². The van der Waals surface area contributed by atoms with Gasteiger partial charge in [-0.3, -0.25) is 9.59 Å². The minimum atomic E-state index is -0.228. The van der Waals surface area contributed by atoms with E-state index in [0.717, 1.165) is 0 Å². The zero-order valence-corrected chi connectivity index (χ0v) is 13.8. The molecule has 22 heavy (non-hydrogen) atoms. The van der Waals surface area contributed by atoms with Gasteiger partial charge in [-0.25, -0.2) is 0 Å². The van der Waals surface area contributed by atoms with Gasteiger partial charge in [0.05, 0.1) is 6.54 Å². The lowest BCUT2D eigenvalue weighted by Crippen LogP contribution is -2.35. The molecule has 2 aromatic rings. The van der Waals surface area contributed by atoms with E-state index in [4.69, 9.17) is 11.6 Å². The van der Waals surface area contributed by atoms with Crippen molar-refractivity contribution in [2.24, 2.45) is 0 Å². The third kappa shape index (κ3) is 5.16. The van der Waals surface area contributed by atoms with Gasteiger partial charge in [-0.1, -0.05) is 17.7 Å². The quantitative estimate of drug-likeness (QED) is 0.878. The first-order valence-corrected chi connectivity index (χ1v) is 8.12. The Kier molecular flexibility index (Phi) is 5.98. The topological polar surface area (TPSA) is 49.4 Å². The van der Waals surface area contributed by atoms with Gasteiger partial charge in [0, 0.05) is 29.1 Å². The number of nitrogens with one attached hydrogen (secondary N) is 1. The number of likely N-dealkylation sites (N-methyl/N-ethyl adjacent to an activating group) is 1. The molecule has 1 aromatic carbocycles. The molecule has 1 aromatic heterocycles. The van der Waals surface area contributed by atoms with Crippen LogP contribution < -0.4 is 5.32 Å². The molecule has 0 bridgehead atoms. The van der Waals surface area contributed by atoms with Crippen LogP contribution in [0, 0.1) is 0 Å². The van der Waals surface area contributed by atoms with E-state index in [2.05, 4.69) is 5.32 Å². The number of hydrogen-bond acceptors (Lipinski definition) is 3. The second-order valence-corrected chi connectivity index (χ2v) is 6.35. The van der Waals surface area contributed by atoms with Crippen LogP contribution in [0.15, 0.2) is 41.8 Å². The number of carbonyl (C=O) groups is 2. The second kappa shape index (κ2) is 7.96. The molecular formula is C16H17ClN2O2S. The maximum absolute atomic E-state index is 12.0. The van der Waals surface area contributed by atoms with Crippen LogP contribution in [-0.4, -0.2) is 30.3 Å². The Morgan fingerprint density at radius 2 is 1.95 bits per heavy atom. The van der Waals surface area contributed by atoms with Gasteiger partial charge in [-0.05, 0) is 42.1 Å². The SMILES string of the molecule is CN(CC(=O)Nc1ccc(Cl)cc1)C(=O)CCc1cccs1. The maximum Gasteiger partial charge on any atom is 0.243 e. The summed E-state index contributed by atoms with van der Waals surface area (Å²) in [4.78, 5) is 26.5. The Morgan fingerprint density at radius 3 is 2.59 bits per heavy atom. The van der Waals surface area contributed by atoms with Gasteiger partial charge in [0.25, 0.3) is 0 Å². The van der Waals surface area contributed by atoms with E-state index in [-0.39, 0.29) is 18.4 Å². The highest BCUT2D eigenvalue weighted by Gasteiger charge is 2.13. The van der Waals surface area contributed by atoms with Crippen molar-refractivity contribution in [1.82, 2.24) is 4.90 Å². The monoisotopic (exact) mass is 336 g/mol. The van der Waals surface area contributed by atoms with Crippen molar-refractivity contribution in [1.29, 1.82) is 0 Å². The van der Waals surface area contributed by atoms with E-state index >= 15 is 0 Å². The molecule has 0 aliphatic carbocycles. The van der Waals surface area contributed by atoms with Crippen LogP contribution in [0.2, 0.25) is 5.02 Å². The van der Waals surface area contributed by atoms with Gasteiger partial charge in [0.2, 0.25) is 11.8 Å². The molecular weight excluding hydrogens is 320 g/mol.